The van der Waals surface area contributed by atoms with E-state index in [2.05, 4.69) is 5.32 Å². The van der Waals surface area contributed by atoms with Crippen LogP contribution in [-0.4, -0.2) is 11.3 Å². The predicted octanol–water partition coefficient (Wildman–Crippen LogP) is 2.25. The molecule has 0 fully saturated rings. The van der Waals surface area contributed by atoms with E-state index in [1.807, 2.05) is 30.3 Å². The number of alkyl halides is 1. The number of nitrogens with one attached hydrogen (secondary N) is 1. The second-order valence-corrected chi connectivity index (χ2v) is 3.13. The molecule has 3 heteroatoms. The molecule has 0 radical (unpaired) electrons. The molecular weight excluding hydrogens is 174 g/mol. The van der Waals surface area contributed by atoms with Crippen LogP contribution in [0, 0.1) is 0 Å². The molecule has 12 heavy (non-hydrogen) atoms. The summed E-state index contributed by atoms with van der Waals surface area (Å²) >= 11 is 5.57. The quantitative estimate of drug-likeness (QED) is 0.701. The summed E-state index contributed by atoms with van der Waals surface area (Å²) in [6.45, 7) is 1.64. The van der Waals surface area contributed by atoms with Gasteiger partial charge in [-0.3, -0.25) is 4.79 Å². The number of halogens is 1. The van der Waals surface area contributed by atoms with Crippen LogP contribution in [0.25, 0.3) is 0 Å². The fourth-order valence-electron chi connectivity index (χ4n) is 0.763. The van der Waals surface area contributed by atoms with Gasteiger partial charge in [0.15, 0.2) is 0 Å². The minimum atomic E-state index is -0.495. The van der Waals surface area contributed by atoms with E-state index < -0.39 is 5.38 Å². The van der Waals surface area contributed by atoms with Gasteiger partial charge in [-0.1, -0.05) is 18.2 Å². The maximum atomic E-state index is 11.1. The molecule has 0 aromatic heterocycles. The van der Waals surface area contributed by atoms with Crippen molar-refractivity contribution in [2.24, 2.45) is 0 Å². The number of carbonyl (C=O) groups is 1. The lowest BCUT2D eigenvalue weighted by Crippen LogP contribution is -2.20. The van der Waals surface area contributed by atoms with E-state index in [1.165, 1.54) is 0 Å². The highest BCUT2D eigenvalue weighted by Crippen LogP contribution is 2.06. The second kappa shape index (κ2) is 4.12. The minimum absolute atomic E-state index is 0.178. The first-order valence-electron chi connectivity index (χ1n) is 3.70. The number of benzene rings is 1. The molecule has 0 unspecified atom stereocenters. The molecule has 0 saturated heterocycles. The van der Waals surface area contributed by atoms with E-state index in [1.54, 1.807) is 6.92 Å². The van der Waals surface area contributed by atoms with Crippen LogP contribution in [0.4, 0.5) is 5.69 Å². The van der Waals surface area contributed by atoms with Crippen LogP contribution in [0.2, 0.25) is 0 Å². The van der Waals surface area contributed by atoms with Gasteiger partial charge in [-0.2, -0.15) is 0 Å². The van der Waals surface area contributed by atoms with Crippen molar-refractivity contribution in [3.8, 4) is 0 Å². The third-order valence-corrected chi connectivity index (χ3v) is 1.60. The SMILES string of the molecule is C[C@H](Cl)C(=O)Nc1ccccc1. The summed E-state index contributed by atoms with van der Waals surface area (Å²) in [5, 5.41) is 2.18. The first-order valence-corrected chi connectivity index (χ1v) is 4.14. The van der Waals surface area contributed by atoms with Crippen LogP contribution in [0.3, 0.4) is 0 Å². The molecule has 1 amide bonds. The van der Waals surface area contributed by atoms with E-state index >= 15 is 0 Å². The van der Waals surface area contributed by atoms with Gasteiger partial charge in [-0.15, -0.1) is 11.6 Å². The fourth-order valence-corrected chi connectivity index (χ4v) is 0.818. The van der Waals surface area contributed by atoms with Gasteiger partial charge in [0, 0.05) is 5.69 Å². The summed E-state index contributed by atoms with van der Waals surface area (Å²) in [5.41, 5.74) is 0.773. The molecule has 0 spiro atoms. The normalized spacial score (nSPS) is 12.2. The van der Waals surface area contributed by atoms with E-state index in [0.717, 1.165) is 5.69 Å². The van der Waals surface area contributed by atoms with E-state index in [4.69, 9.17) is 11.6 Å². The lowest BCUT2D eigenvalue weighted by molar-refractivity contribution is -0.115. The number of amides is 1. The Morgan fingerprint density at radius 3 is 2.50 bits per heavy atom. The Balaban J connectivity index is 2.59. The Kier molecular flexibility index (Phi) is 3.11. The van der Waals surface area contributed by atoms with Crippen LogP contribution < -0.4 is 5.32 Å². The molecule has 2 nitrogen and oxygen atoms in total. The highest BCUT2D eigenvalue weighted by Gasteiger charge is 2.07. The Bertz CT molecular complexity index is 258. The van der Waals surface area contributed by atoms with Crippen LogP contribution in [0.15, 0.2) is 30.3 Å². The molecule has 0 aliphatic heterocycles. The van der Waals surface area contributed by atoms with Crippen molar-refractivity contribution in [1.29, 1.82) is 0 Å². The van der Waals surface area contributed by atoms with Crippen LogP contribution in [-0.2, 0) is 4.79 Å². The van der Waals surface area contributed by atoms with E-state index in [0.29, 0.717) is 0 Å². The summed E-state index contributed by atoms with van der Waals surface area (Å²) in [4.78, 5) is 11.1. The maximum Gasteiger partial charge on any atom is 0.242 e. The van der Waals surface area contributed by atoms with Crippen molar-refractivity contribution in [3.05, 3.63) is 30.3 Å². The molecule has 0 bridgehead atoms. The lowest BCUT2D eigenvalue weighted by Gasteiger charge is -2.04. The van der Waals surface area contributed by atoms with Gasteiger partial charge in [0.25, 0.3) is 0 Å². The summed E-state index contributed by atoms with van der Waals surface area (Å²) in [6.07, 6.45) is 0. The Labute approximate surface area is 76.5 Å². The van der Waals surface area contributed by atoms with Gasteiger partial charge in [-0.05, 0) is 19.1 Å². The zero-order valence-electron chi connectivity index (χ0n) is 6.75. The molecule has 1 rings (SSSR count). The first-order chi connectivity index (χ1) is 5.70. The molecule has 1 aromatic rings. The molecule has 1 atom stereocenters. The zero-order valence-corrected chi connectivity index (χ0v) is 7.51. The van der Waals surface area contributed by atoms with Crippen LogP contribution in [0.5, 0.6) is 0 Å². The Hall–Kier alpha value is -1.02. The van der Waals surface area contributed by atoms with Crippen molar-refractivity contribution in [3.63, 3.8) is 0 Å². The van der Waals surface area contributed by atoms with Gasteiger partial charge >= 0.3 is 0 Å². The third-order valence-electron chi connectivity index (χ3n) is 1.40. The molecule has 0 aliphatic carbocycles. The zero-order chi connectivity index (χ0) is 8.97. The van der Waals surface area contributed by atoms with Crippen molar-refractivity contribution in [1.82, 2.24) is 0 Å². The molecule has 0 saturated carbocycles. The third kappa shape index (κ3) is 2.55. The summed E-state index contributed by atoms with van der Waals surface area (Å²) in [7, 11) is 0. The Morgan fingerprint density at radius 1 is 1.42 bits per heavy atom. The number of hydrogen-bond acceptors (Lipinski definition) is 1. The average molecular weight is 184 g/mol. The van der Waals surface area contributed by atoms with E-state index in [9.17, 15) is 4.79 Å². The van der Waals surface area contributed by atoms with E-state index in [-0.39, 0.29) is 5.91 Å². The van der Waals surface area contributed by atoms with Gasteiger partial charge in [0.1, 0.15) is 5.38 Å². The molecule has 0 aliphatic rings. The van der Waals surface area contributed by atoms with Gasteiger partial charge in [0.2, 0.25) is 5.91 Å². The number of rotatable bonds is 2. The highest BCUT2D eigenvalue weighted by atomic mass is 35.5. The number of para-hydroxylation sites is 1. The second-order valence-electron chi connectivity index (χ2n) is 2.47. The monoisotopic (exact) mass is 183 g/mol. The van der Waals surface area contributed by atoms with Crippen molar-refractivity contribution in [2.45, 2.75) is 12.3 Å². The molecule has 1 N–H and O–H groups in total. The highest BCUT2D eigenvalue weighted by molar-refractivity contribution is 6.32. The fraction of sp³-hybridized carbons (Fsp3) is 0.222. The van der Waals surface area contributed by atoms with Crippen LogP contribution in [0.1, 0.15) is 6.92 Å². The van der Waals surface area contributed by atoms with Gasteiger partial charge in [0.05, 0.1) is 0 Å². The van der Waals surface area contributed by atoms with Crippen molar-refractivity contribution in [2.75, 3.05) is 5.32 Å². The maximum absolute atomic E-state index is 11.1. The number of carbonyl (C=O) groups excluding carboxylic acids is 1. The van der Waals surface area contributed by atoms with Gasteiger partial charge < -0.3 is 5.32 Å². The first kappa shape index (κ1) is 9.07. The number of hydrogen-bond donors (Lipinski definition) is 1. The molecular formula is C9H10ClNO. The largest absolute Gasteiger partial charge is 0.325 e. The molecule has 0 heterocycles. The number of anilines is 1. The molecule has 1 aromatic carbocycles. The summed E-state index contributed by atoms with van der Waals surface area (Å²) < 4.78 is 0. The average Bonchev–Trinajstić information content (AvgIpc) is 2.06. The van der Waals surface area contributed by atoms with Crippen molar-refractivity contribution < 1.29 is 4.79 Å². The standard InChI is InChI=1S/C9H10ClNO/c1-7(10)9(12)11-8-5-3-2-4-6-8/h2-7H,1H3,(H,11,12)/t7-/m0/s1. The summed E-state index contributed by atoms with van der Waals surface area (Å²) in [6, 6.07) is 9.23. The van der Waals surface area contributed by atoms with Crippen molar-refractivity contribution >= 4 is 23.2 Å². The minimum Gasteiger partial charge on any atom is -0.325 e. The topological polar surface area (TPSA) is 29.1 Å². The van der Waals surface area contributed by atoms with Gasteiger partial charge in [-0.25, -0.2) is 0 Å². The van der Waals surface area contributed by atoms with Crippen LogP contribution >= 0.6 is 11.6 Å². The molecule has 64 valence electrons. The summed E-state index contributed by atoms with van der Waals surface area (Å²) in [5.74, 6) is -0.178. The Morgan fingerprint density at radius 2 is 2.00 bits per heavy atom. The predicted molar refractivity (Wildman–Crippen MR) is 50.4 cm³/mol. The smallest absolute Gasteiger partial charge is 0.242 e. The lowest BCUT2D eigenvalue weighted by atomic mass is 10.3.